The lowest BCUT2D eigenvalue weighted by atomic mass is 9.98. The molecule has 3 aromatic rings. The number of carbonyl (C=O) groups excluding carboxylic acids is 1. The molecule has 0 radical (unpaired) electrons. The zero-order chi connectivity index (χ0) is 16.8. The van der Waals surface area contributed by atoms with Crippen molar-refractivity contribution < 1.29 is 9.53 Å². The molecule has 0 unspecified atom stereocenters. The van der Waals surface area contributed by atoms with E-state index in [-0.39, 0.29) is 12.1 Å². The first-order chi connectivity index (χ1) is 11.8. The number of hydrogen-bond donors (Lipinski definition) is 0. The van der Waals surface area contributed by atoms with Gasteiger partial charge in [-0.15, -0.1) is 0 Å². The maximum atomic E-state index is 12.6. The molecule has 3 rings (SSSR count). The summed E-state index contributed by atoms with van der Waals surface area (Å²) in [6.45, 7) is 0. The van der Waals surface area contributed by atoms with Crippen LogP contribution in [0.3, 0.4) is 0 Å². The monoisotopic (exact) mass is 317 g/mol. The molecule has 3 heteroatoms. The van der Waals surface area contributed by atoms with Gasteiger partial charge in [0.1, 0.15) is 5.75 Å². The molecule has 0 bridgehead atoms. The van der Waals surface area contributed by atoms with Crippen LogP contribution < -0.4 is 4.74 Å². The highest BCUT2D eigenvalue weighted by atomic mass is 16.6. The molecule has 3 nitrogen and oxygen atoms in total. The van der Waals surface area contributed by atoms with Gasteiger partial charge in [-0.1, -0.05) is 78.9 Å². The standard InChI is InChI=1S/C21H19NO2/c1-22(21(23)24-19-15-9-4-10-16-19)20(17-11-5-2-6-12-17)18-13-7-3-8-14-18/h2-16,20H,1H3. The van der Waals surface area contributed by atoms with Gasteiger partial charge >= 0.3 is 6.09 Å². The quantitative estimate of drug-likeness (QED) is 0.684. The van der Waals surface area contributed by atoms with Gasteiger partial charge in [0.2, 0.25) is 0 Å². The second-order valence-corrected chi connectivity index (χ2v) is 5.52. The third-order valence-corrected chi connectivity index (χ3v) is 3.85. The highest BCUT2D eigenvalue weighted by molar-refractivity contribution is 5.71. The molecule has 0 spiro atoms. The molecule has 0 heterocycles. The number of nitrogens with zero attached hydrogens (tertiary/aromatic N) is 1. The topological polar surface area (TPSA) is 29.5 Å². The van der Waals surface area contributed by atoms with Crippen molar-refractivity contribution in [1.29, 1.82) is 0 Å². The van der Waals surface area contributed by atoms with E-state index in [2.05, 4.69) is 0 Å². The van der Waals surface area contributed by atoms with Crippen molar-refractivity contribution >= 4 is 6.09 Å². The number of hydrogen-bond acceptors (Lipinski definition) is 2. The number of para-hydroxylation sites is 1. The smallest absolute Gasteiger partial charge is 0.410 e. The average molecular weight is 317 g/mol. The molecule has 0 aliphatic rings. The lowest BCUT2D eigenvalue weighted by molar-refractivity contribution is 0.152. The van der Waals surface area contributed by atoms with Crippen molar-refractivity contribution in [1.82, 2.24) is 4.90 Å². The third kappa shape index (κ3) is 3.63. The van der Waals surface area contributed by atoms with E-state index < -0.39 is 0 Å². The Kier molecular flexibility index (Phi) is 4.92. The second-order valence-electron chi connectivity index (χ2n) is 5.52. The van der Waals surface area contributed by atoms with Crippen LogP contribution in [0.4, 0.5) is 4.79 Å². The average Bonchev–Trinajstić information content (AvgIpc) is 2.64. The number of ether oxygens (including phenoxy) is 1. The molecule has 0 saturated carbocycles. The molecule has 0 saturated heterocycles. The van der Waals surface area contributed by atoms with Gasteiger partial charge in [-0.3, -0.25) is 4.90 Å². The van der Waals surface area contributed by atoms with Gasteiger partial charge in [0.05, 0.1) is 6.04 Å². The minimum atomic E-state index is -0.390. The predicted molar refractivity (Wildman–Crippen MR) is 95.0 cm³/mol. The maximum absolute atomic E-state index is 12.6. The lowest BCUT2D eigenvalue weighted by Gasteiger charge is -2.28. The predicted octanol–water partition coefficient (Wildman–Crippen LogP) is 4.91. The van der Waals surface area contributed by atoms with Crippen LogP contribution in [0.1, 0.15) is 17.2 Å². The molecule has 1 amide bonds. The van der Waals surface area contributed by atoms with Gasteiger partial charge in [-0.2, -0.15) is 0 Å². The van der Waals surface area contributed by atoms with Gasteiger partial charge in [-0.25, -0.2) is 4.79 Å². The fraction of sp³-hybridized carbons (Fsp3) is 0.0952. The summed E-state index contributed by atoms with van der Waals surface area (Å²) in [5.74, 6) is 0.536. The van der Waals surface area contributed by atoms with Crippen molar-refractivity contribution in [3.8, 4) is 5.75 Å². The van der Waals surface area contributed by atoms with Crippen molar-refractivity contribution in [2.45, 2.75) is 6.04 Å². The SMILES string of the molecule is CN(C(=O)Oc1ccccc1)C(c1ccccc1)c1ccccc1. The third-order valence-electron chi connectivity index (χ3n) is 3.85. The summed E-state index contributed by atoms with van der Waals surface area (Å²) in [4.78, 5) is 14.2. The van der Waals surface area contributed by atoms with Crippen molar-refractivity contribution in [2.75, 3.05) is 7.05 Å². The van der Waals surface area contributed by atoms with Crippen LogP contribution in [-0.4, -0.2) is 18.0 Å². The Balaban J connectivity index is 1.89. The van der Waals surface area contributed by atoms with Crippen LogP contribution in [0.15, 0.2) is 91.0 Å². The van der Waals surface area contributed by atoms with Crippen LogP contribution in [0.25, 0.3) is 0 Å². The largest absolute Gasteiger partial charge is 0.415 e. The fourth-order valence-corrected chi connectivity index (χ4v) is 2.68. The van der Waals surface area contributed by atoms with Crippen molar-refractivity contribution in [2.24, 2.45) is 0 Å². The molecule has 3 aromatic carbocycles. The Bertz CT molecular complexity index is 733. The van der Waals surface area contributed by atoms with Crippen molar-refractivity contribution in [3.63, 3.8) is 0 Å². The Labute approximate surface area is 142 Å². The van der Waals surface area contributed by atoms with Gasteiger partial charge in [-0.05, 0) is 23.3 Å². The normalized spacial score (nSPS) is 10.4. The van der Waals surface area contributed by atoms with E-state index in [1.807, 2.05) is 78.9 Å². The molecule has 0 aromatic heterocycles. The summed E-state index contributed by atoms with van der Waals surface area (Å²) < 4.78 is 5.49. The van der Waals surface area contributed by atoms with Gasteiger partial charge in [0.15, 0.2) is 0 Å². The number of carbonyl (C=O) groups is 1. The number of rotatable bonds is 4. The molecule has 24 heavy (non-hydrogen) atoms. The van der Waals surface area contributed by atoms with Crippen LogP contribution >= 0.6 is 0 Å². The fourth-order valence-electron chi connectivity index (χ4n) is 2.68. The summed E-state index contributed by atoms with van der Waals surface area (Å²) in [6.07, 6.45) is -0.390. The molecule has 0 aliphatic heterocycles. The molecule has 0 fully saturated rings. The maximum Gasteiger partial charge on any atom is 0.415 e. The molecule has 120 valence electrons. The molecular weight excluding hydrogens is 298 g/mol. The summed E-state index contributed by atoms with van der Waals surface area (Å²) in [5, 5.41) is 0. The van der Waals surface area contributed by atoms with E-state index in [9.17, 15) is 4.79 Å². The van der Waals surface area contributed by atoms with Crippen LogP contribution in [-0.2, 0) is 0 Å². The Hall–Kier alpha value is -3.07. The lowest BCUT2D eigenvalue weighted by Crippen LogP contribution is -2.34. The van der Waals surface area contributed by atoms with Gasteiger partial charge < -0.3 is 4.74 Å². The number of amides is 1. The second kappa shape index (κ2) is 7.47. The van der Waals surface area contributed by atoms with Gasteiger partial charge in [0.25, 0.3) is 0 Å². The van der Waals surface area contributed by atoms with E-state index >= 15 is 0 Å². The molecule has 0 N–H and O–H groups in total. The van der Waals surface area contributed by atoms with Crippen LogP contribution in [0.2, 0.25) is 0 Å². The van der Waals surface area contributed by atoms with Crippen molar-refractivity contribution in [3.05, 3.63) is 102 Å². The van der Waals surface area contributed by atoms with E-state index in [0.717, 1.165) is 11.1 Å². The summed E-state index contributed by atoms with van der Waals surface area (Å²) >= 11 is 0. The molecule has 0 aliphatic carbocycles. The van der Waals surface area contributed by atoms with E-state index in [4.69, 9.17) is 4.74 Å². The molecule has 0 atom stereocenters. The van der Waals surface area contributed by atoms with Crippen LogP contribution in [0.5, 0.6) is 5.75 Å². The first-order valence-corrected chi connectivity index (χ1v) is 7.85. The van der Waals surface area contributed by atoms with E-state index in [1.165, 1.54) is 0 Å². The minimum absolute atomic E-state index is 0.205. The number of benzene rings is 3. The Morgan fingerprint density at radius 1 is 0.750 bits per heavy atom. The summed E-state index contributed by atoms with van der Waals surface area (Å²) in [6, 6.07) is 28.8. The van der Waals surface area contributed by atoms with E-state index in [0.29, 0.717) is 5.75 Å². The Morgan fingerprint density at radius 2 is 1.17 bits per heavy atom. The van der Waals surface area contributed by atoms with Gasteiger partial charge in [0, 0.05) is 7.05 Å². The highest BCUT2D eigenvalue weighted by Crippen LogP contribution is 2.28. The van der Waals surface area contributed by atoms with Crippen LogP contribution in [0, 0.1) is 0 Å². The zero-order valence-corrected chi connectivity index (χ0v) is 13.5. The zero-order valence-electron chi connectivity index (χ0n) is 13.5. The summed E-state index contributed by atoms with van der Waals surface area (Å²) in [5.41, 5.74) is 2.08. The van der Waals surface area contributed by atoms with E-state index in [1.54, 1.807) is 24.1 Å². The molecular formula is C21H19NO2. The summed E-state index contributed by atoms with van der Waals surface area (Å²) in [7, 11) is 1.76. The first kappa shape index (κ1) is 15.8. The highest BCUT2D eigenvalue weighted by Gasteiger charge is 2.24. The first-order valence-electron chi connectivity index (χ1n) is 7.85. The Morgan fingerprint density at radius 3 is 1.62 bits per heavy atom. The minimum Gasteiger partial charge on any atom is -0.410 e.